The summed E-state index contributed by atoms with van der Waals surface area (Å²) < 4.78 is 12.8. The fraction of sp³-hybridized carbons (Fsp3) is 0.222. The van der Waals surface area contributed by atoms with Gasteiger partial charge < -0.3 is 18.8 Å². The first-order valence-electron chi connectivity index (χ1n) is 7.93. The van der Waals surface area contributed by atoms with Crippen LogP contribution in [-0.4, -0.2) is 20.7 Å². The van der Waals surface area contributed by atoms with Gasteiger partial charge in [0.1, 0.15) is 0 Å². The smallest absolute Gasteiger partial charge is 0.241 e. The van der Waals surface area contributed by atoms with Crippen LogP contribution in [0.25, 0.3) is 22.5 Å². The van der Waals surface area contributed by atoms with Crippen molar-refractivity contribution in [1.29, 1.82) is 0 Å². The van der Waals surface area contributed by atoms with Crippen LogP contribution >= 0.6 is 0 Å². The molecular formula is C18H18N4O2. The Morgan fingerprint density at radius 3 is 2.96 bits per heavy atom. The normalized spacial score (nSPS) is 12.7. The van der Waals surface area contributed by atoms with Crippen molar-refractivity contribution in [2.45, 2.75) is 26.1 Å². The number of hydrogen-bond acceptors (Lipinski definition) is 5. The van der Waals surface area contributed by atoms with E-state index >= 15 is 0 Å². The van der Waals surface area contributed by atoms with Gasteiger partial charge in [-0.1, -0.05) is 23.4 Å². The summed E-state index contributed by atoms with van der Waals surface area (Å²) in [5, 5.41) is 8.60. The van der Waals surface area contributed by atoms with E-state index in [9.17, 15) is 0 Å². The molecule has 4 rings (SSSR count). The quantitative estimate of drug-likeness (QED) is 0.589. The molecule has 1 atom stereocenters. The van der Waals surface area contributed by atoms with Crippen molar-refractivity contribution < 1.29 is 8.94 Å². The number of aromatic nitrogens is 3. The zero-order chi connectivity index (χ0) is 16.4. The summed E-state index contributed by atoms with van der Waals surface area (Å²) >= 11 is 0. The lowest BCUT2D eigenvalue weighted by Gasteiger charge is -2.14. The third-order valence-corrected chi connectivity index (χ3v) is 3.96. The SMILES string of the molecule is C[C@@H](Cn1ccc2ccccc21)NCc1nc(-c2ccco2)no1. The molecule has 6 nitrogen and oxygen atoms in total. The summed E-state index contributed by atoms with van der Waals surface area (Å²) in [4.78, 5) is 4.33. The number of para-hydroxylation sites is 1. The van der Waals surface area contributed by atoms with Gasteiger partial charge in [-0.05, 0) is 36.6 Å². The minimum absolute atomic E-state index is 0.264. The molecule has 0 aliphatic carbocycles. The number of furan rings is 1. The van der Waals surface area contributed by atoms with Crippen LogP contribution in [0.1, 0.15) is 12.8 Å². The van der Waals surface area contributed by atoms with Gasteiger partial charge in [-0.2, -0.15) is 4.98 Å². The van der Waals surface area contributed by atoms with Gasteiger partial charge >= 0.3 is 0 Å². The second-order valence-corrected chi connectivity index (χ2v) is 5.80. The summed E-state index contributed by atoms with van der Waals surface area (Å²) in [5.74, 6) is 1.63. The van der Waals surface area contributed by atoms with E-state index in [-0.39, 0.29) is 6.04 Å². The van der Waals surface area contributed by atoms with Crippen molar-refractivity contribution in [1.82, 2.24) is 20.0 Å². The predicted molar refractivity (Wildman–Crippen MR) is 90.2 cm³/mol. The molecule has 1 N–H and O–H groups in total. The molecule has 0 spiro atoms. The van der Waals surface area contributed by atoms with E-state index in [0.717, 1.165) is 6.54 Å². The Labute approximate surface area is 139 Å². The second-order valence-electron chi connectivity index (χ2n) is 5.80. The Kier molecular flexibility index (Phi) is 3.88. The van der Waals surface area contributed by atoms with Crippen LogP contribution in [0.2, 0.25) is 0 Å². The molecule has 0 aliphatic rings. The van der Waals surface area contributed by atoms with E-state index in [1.54, 1.807) is 12.3 Å². The zero-order valence-electron chi connectivity index (χ0n) is 13.3. The van der Waals surface area contributed by atoms with Crippen molar-refractivity contribution in [3.8, 4) is 11.6 Å². The van der Waals surface area contributed by atoms with Crippen molar-refractivity contribution in [2.24, 2.45) is 0 Å². The number of nitrogens with one attached hydrogen (secondary N) is 1. The van der Waals surface area contributed by atoms with Gasteiger partial charge in [0.25, 0.3) is 0 Å². The fourth-order valence-electron chi connectivity index (χ4n) is 2.75. The Bertz CT molecular complexity index is 923. The van der Waals surface area contributed by atoms with Crippen LogP contribution in [-0.2, 0) is 13.1 Å². The molecule has 0 aliphatic heterocycles. The third kappa shape index (κ3) is 2.96. The van der Waals surface area contributed by atoms with Crippen molar-refractivity contribution in [3.63, 3.8) is 0 Å². The topological polar surface area (TPSA) is 69.0 Å². The molecule has 122 valence electrons. The summed E-state index contributed by atoms with van der Waals surface area (Å²) in [6.45, 7) is 3.53. The molecule has 0 amide bonds. The molecular weight excluding hydrogens is 304 g/mol. The van der Waals surface area contributed by atoms with E-state index in [4.69, 9.17) is 8.94 Å². The molecule has 4 aromatic rings. The highest BCUT2D eigenvalue weighted by Gasteiger charge is 2.12. The molecule has 6 heteroatoms. The van der Waals surface area contributed by atoms with Crippen LogP contribution in [0.4, 0.5) is 0 Å². The van der Waals surface area contributed by atoms with Crippen molar-refractivity contribution in [2.75, 3.05) is 0 Å². The monoisotopic (exact) mass is 322 g/mol. The predicted octanol–water partition coefficient (Wildman–Crippen LogP) is 3.46. The van der Waals surface area contributed by atoms with E-state index in [1.165, 1.54) is 10.9 Å². The van der Waals surface area contributed by atoms with Gasteiger partial charge in [-0.15, -0.1) is 0 Å². The molecule has 0 saturated carbocycles. The standard InChI is InChI=1S/C18H18N4O2/c1-13(12-22-9-8-14-5-2-3-6-15(14)22)19-11-17-20-18(21-24-17)16-7-4-10-23-16/h2-10,13,19H,11-12H2,1H3/t13-/m0/s1. The van der Waals surface area contributed by atoms with E-state index in [1.807, 2.05) is 6.07 Å². The Morgan fingerprint density at radius 1 is 1.17 bits per heavy atom. The molecule has 3 aromatic heterocycles. The Balaban J connectivity index is 1.37. The fourth-order valence-corrected chi connectivity index (χ4v) is 2.75. The van der Waals surface area contributed by atoms with Crippen molar-refractivity contribution >= 4 is 10.9 Å². The molecule has 3 heterocycles. The molecule has 0 unspecified atom stereocenters. The van der Waals surface area contributed by atoms with Crippen LogP contribution in [0.15, 0.2) is 63.9 Å². The third-order valence-electron chi connectivity index (χ3n) is 3.96. The van der Waals surface area contributed by atoms with E-state index in [0.29, 0.717) is 24.0 Å². The summed E-state index contributed by atoms with van der Waals surface area (Å²) in [7, 11) is 0. The van der Waals surface area contributed by atoms with Gasteiger partial charge in [0.05, 0.1) is 12.8 Å². The number of fused-ring (bicyclic) bond motifs is 1. The largest absolute Gasteiger partial charge is 0.461 e. The molecule has 0 bridgehead atoms. The summed E-state index contributed by atoms with van der Waals surface area (Å²) in [6, 6.07) is 14.4. The Morgan fingerprint density at radius 2 is 2.08 bits per heavy atom. The number of benzene rings is 1. The van der Waals surface area contributed by atoms with Gasteiger partial charge in [-0.3, -0.25) is 0 Å². The molecule has 0 fully saturated rings. The lowest BCUT2D eigenvalue weighted by Crippen LogP contribution is -2.29. The highest BCUT2D eigenvalue weighted by molar-refractivity contribution is 5.79. The maximum absolute atomic E-state index is 5.26. The van der Waals surface area contributed by atoms with Gasteiger partial charge in [-0.25, -0.2) is 0 Å². The first-order valence-corrected chi connectivity index (χ1v) is 7.93. The van der Waals surface area contributed by atoms with Crippen molar-refractivity contribution in [3.05, 3.63) is 60.8 Å². The number of rotatable bonds is 6. The average molecular weight is 322 g/mol. The highest BCUT2D eigenvalue weighted by atomic mass is 16.5. The average Bonchev–Trinajstić information content (AvgIpc) is 3.34. The minimum atomic E-state index is 0.264. The Hall–Kier alpha value is -2.86. The summed E-state index contributed by atoms with van der Waals surface area (Å²) in [6.07, 6.45) is 3.71. The lowest BCUT2D eigenvalue weighted by molar-refractivity contribution is 0.353. The van der Waals surface area contributed by atoms with Gasteiger partial charge in [0.15, 0.2) is 5.76 Å². The van der Waals surface area contributed by atoms with Gasteiger partial charge in [0.2, 0.25) is 11.7 Å². The minimum Gasteiger partial charge on any atom is -0.461 e. The molecule has 0 radical (unpaired) electrons. The maximum Gasteiger partial charge on any atom is 0.241 e. The molecule has 0 saturated heterocycles. The molecule has 1 aromatic carbocycles. The van der Waals surface area contributed by atoms with E-state index in [2.05, 4.69) is 63.5 Å². The lowest BCUT2D eigenvalue weighted by atomic mass is 10.2. The summed E-state index contributed by atoms with van der Waals surface area (Å²) in [5.41, 5.74) is 1.24. The van der Waals surface area contributed by atoms with Gasteiger partial charge in [0, 0.05) is 24.3 Å². The second kappa shape index (κ2) is 6.33. The van der Waals surface area contributed by atoms with Crippen LogP contribution in [0, 0.1) is 0 Å². The van der Waals surface area contributed by atoms with Crippen LogP contribution in [0.3, 0.4) is 0 Å². The first kappa shape index (κ1) is 14.7. The number of hydrogen-bond donors (Lipinski definition) is 1. The molecule has 24 heavy (non-hydrogen) atoms. The number of nitrogens with zero attached hydrogens (tertiary/aromatic N) is 3. The zero-order valence-corrected chi connectivity index (χ0v) is 13.3. The van der Waals surface area contributed by atoms with E-state index < -0.39 is 0 Å². The highest BCUT2D eigenvalue weighted by Crippen LogP contribution is 2.17. The maximum atomic E-state index is 5.26. The van der Waals surface area contributed by atoms with Crippen LogP contribution < -0.4 is 5.32 Å². The van der Waals surface area contributed by atoms with Crippen LogP contribution in [0.5, 0.6) is 0 Å². The first-order chi connectivity index (χ1) is 11.8.